The number of hydrogen-bond donors (Lipinski definition) is 1. The highest BCUT2D eigenvalue weighted by Gasteiger charge is 2.16. The molecule has 0 radical (unpaired) electrons. The van der Waals surface area contributed by atoms with Gasteiger partial charge in [-0.1, -0.05) is 15.9 Å². The smallest absolute Gasteiger partial charge is 0.251 e. The average Bonchev–Trinajstić information content (AvgIpc) is 2.65. The van der Waals surface area contributed by atoms with Gasteiger partial charge in [-0.3, -0.25) is 0 Å². The quantitative estimate of drug-likeness (QED) is 0.763. The van der Waals surface area contributed by atoms with E-state index < -0.39 is 10.0 Å². The Hall–Kier alpha value is -0.0200. The fraction of sp³-hybridized carbons (Fsp3) is 0.667. The fourth-order valence-corrected chi connectivity index (χ4v) is 3.84. The molecule has 1 aromatic heterocycles. The Labute approximate surface area is 114 Å². The van der Waals surface area contributed by atoms with Crippen molar-refractivity contribution >= 4 is 37.3 Å². The monoisotopic (exact) mass is 342 g/mol. The Balaban J connectivity index is 2.46. The van der Waals surface area contributed by atoms with Gasteiger partial charge in [-0.15, -0.1) is 11.3 Å². The number of alkyl halides is 1. The zero-order valence-electron chi connectivity index (χ0n) is 9.64. The summed E-state index contributed by atoms with van der Waals surface area (Å²) in [5, 5.41) is 0.739. The van der Waals surface area contributed by atoms with E-state index in [1.165, 1.54) is 17.5 Å². The van der Waals surface area contributed by atoms with Gasteiger partial charge in [-0.05, 0) is 13.3 Å². The molecule has 0 bridgehead atoms. The highest BCUT2D eigenvalue weighted by atomic mass is 79.9. The molecule has 0 aliphatic carbocycles. The van der Waals surface area contributed by atoms with Crippen molar-refractivity contribution in [2.45, 2.75) is 22.4 Å². The molecular formula is C9H15BrN2O3S2. The van der Waals surface area contributed by atoms with Gasteiger partial charge < -0.3 is 4.74 Å². The van der Waals surface area contributed by atoms with Gasteiger partial charge in [0.2, 0.25) is 0 Å². The van der Waals surface area contributed by atoms with Crippen molar-refractivity contribution in [2.24, 2.45) is 0 Å². The molecule has 0 saturated heterocycles. The van der Waals surface area contributed by atoms with Crippen LogP contribution in [0.15, 0.2) is 10.4 Å². The molecule has 1 heterocycles. The van der Waals surface area contributed by atoms with E-state index in [0.717, 1.165) is 5.01 Å². The molecule has 0 amide bonds. The molecule has 8 heteroatoms. The Morgan fingerprint density at radius 2 is 2.35 bits per heavy atom. The molecule has 0 fully saturated rings. The van der Waals surface area contributed by atoms with E-state index in [4.69, 9.17) is 4.74 Å². The summed E-state index contributed by atoms with van der Waals surface area (Å²) in [5.41, 5.74) is 0. The average molecular weight is 343 g/mol. The third kappa shape index (κ3) is 5.01. The van der Waals surface area contributed by atoms with E-state index in [2.05, 4.69) is 25.6 Å². The maximum atomic E-state index is 11.8. The number of aromatic nitrogens is 1. The van der Waals surface area contributed by atoms with E-state index >= 15 is 0 Å². The number of methoxy groups -OCH3 is 1. The molecule has 1 aromatic rings. The van der Waals surface area contributed by atoms with E-state index in [1.807, 2.05) is 0 Å². The van der Waals surface area contributed by atoms with Crippen LogP contribution in [-0.2, 0) is 14.8 Å². The Kier molecular flexibility index (Phi) is 6.01. The zero-order chi connectivity index (χ0) is 12.9. The molecule has 5 nitrogen and oxygen atoms in total. The SMILES string of the molecule is COCC(Br)CCNS(=O)(=O)c1cnc(C)s1. The normalized spacial score (nSPS) is 13.8. The van der Waals surface area contributed by atoms with Crippen LogP contribution < -0.4 is 4.72 Å². The van der Waals surface area contributed by atoms with Gasteiger partial charge in [0.05, 0.1) is 17.8 Å². The van der Waals surface area contributed by atoms with Crippen LogP contribution in [0.25, 0.3) is 0 Å². The van der Waals surface area contributed by atoms with Crippen LogP contribution in [-0.4, -0.2) is 38.5 Å². The summed E-state index contributed by atoms with van der Waals surface area (Å²) in [7, 11) is -1.80. The van der Waals surface area contributed by atoms with Crippen molar-refractivity contribution in [3.8, 4) is 0 Å². The minimum absolute atomic E-state index is 0.151. The second kappa shape index (κ2) is 6.79. The van der Waals surface area contributed by atoms with Crippen LogP contribution >= 0.6 is 27.3 Å². The Morgan fingerprint density at radius 1 is 1.65 bits per heavy atom. The summed E-state index contributed by atoms with van der Waals surface area (Å²) in [4.78, 5) is 4.08. The summed E-state index contributed by atoms with van der Waals surface area (Å²) in [5.74, 6) is 0. The van der Waals surface area contributed by atoms with Gasteiger partial charge in [0.25, 0.3) is 10.0 Å². The number of ether oxygens (including phenoxy) is 1. The van der Waals surface area contributed by atoms with E-state index in [9.17, 15) is 8.42 Å². The molecule has 1 rings (SSSR count). The largest absolute Gasteiger partial charge is 0.384 e. The lowest BCUT2D eigenvalue weighted by Crippen LogP contribution is -2.26. The summed E-state index contributed by atoms with van der Waals surface area (Å²) < 4.78 is 31.3. The molecule has 1 atom stereocenters. The van der Waals surface area contributed by atoms with Crippen LogP contribution in [0.3, 0.4) is 0 Å². The minimum atomic E-state index is -3.41. The van der Waals surface area contributed by atoms with Gasteiger partial charge in [0, 0.05) is 18.5 Å². The van der Waals surface area contributed by atoms with Crippen molar-refractivity contribution in [1.29, 1.82) is 0 Å². The summed E-state index contributed by atoms with van der Waals surface area (Å²) in [6, 6.07) is 0. The van der Waals surface area contributed by atoms with E-state index in [0.29, 0.717) is 19.6 Å². The van der Waals surface area contributed by atoms with Gasteiger partial charge in [0.15, 0.2) is 4.21 Å². The number of rotatable bonds is 7. The predicted molar refractivity (Wildman–Crippen MR) is 71.2 cm³/mol. The van der Waals surface area contributed by atoms with Crippen LogP contribution in [0.1, 0.15) is 11.4 Å². The molecule has 17 heavy (non-hydrogen) atoms. The van der Waals surface area contributed by atoms with Crippen LogP contribution in [0.5, 0.6) is 0 Å². The number of nitrogens with zero attached hydrogens (tertiary/aromatic N) is 1. The standard InChI is InChI=1S/C9H15BrN2O3S2/c1-7-11-5-9(16-7)17(13,14)12-4-3-8(10)6-15-2/h5,8,12H,3-4,6H2,1-2H3. The minimum Gasteiger partial charge on any atom is -0.384 e. The number of aryl methyl sites for hydroxylation is 1. The first kappa shape index (κ1) is 15.0. The predicted octanol–water partition coefficient (Wildman–Crippen LogP) is 1.53. The topological polar surface area (TPSA) is 68.3 Å². The third-order valence-electron chi connectivity index (χ3n) is 1.96. The number of nitrogens with one attached hydrogen (secondary N) is 1. The maximum Gasteiger partial charge on any atom is 0.251 e. The number of thiazole rings is 1. The first-order valence-electron chi connectivity index (χ1n) is 5.01. The lowest BCUT2D eigenvalue weighted by atomic mass is 10.3. The molecule has 0 aromatic carbocycles. The molecule has 0 spiro atoms. The van der Waals surface area contributed by atoms with E-state index in [1.54, 1.807) is 14.0 Å². The Morgan fingerprint density at radius 3 is 2.88 bits per heavy atom. The van der Waals surface area contributed by atoms with E-state index in [-0.39, 0.29) is 9.04 Å². The van der Waals surface area contributed by atoms with Gasteiger partial charge in [0.1, 0.15) is 0 Å². The second-order valence-corrected chi connectivity index (χ2v) is 7.96. The summed E-state index contributed by atoms with van der Waals surface area (Å²) in [6.07, 6.45) is 2.05. The first-order chi connectivity index (χ1) is 7.95. The van der Waals surface area contributed by atoms with Crippen molar-refractivity contribution < 1.29 is 13.2 Å². The van der Waals surface area contributed by atoms with Crippen LogP contribution in [0.4, 0.5) is 0 Å². The summed E-state index contributed by atoms with van der Waals surface area (Å²) >= 11 is 4.56. The van der Waals surface area contributed by atoms with Gasteiger partial charge >= 0.3 is 0 Å². The highest BCUT2D eigenvalue weighted by molar-refractivity contribution is 9.09. The molecular weight excluding hydrogens is 328 g/mol. The zero-order valence-corrected chi connectivity index (χ0v) is 12.9. The highest BCUT2D eigenvalue weighted by Crippen LogP contribution is 2.17. The van der Waals surface area contributed by atoms with Crippen molar-refractivity contribution in [1.82, 2.24) is 9.71 Å². The Bertz CT molecular complexity index is 447. The van der Waals surface area contributed by atoms with Crippen LogP contribution in [0.2, 0.25) is 0 Å². The maximum absolute atomic E-state index is 11.8. The molecule has 1 N–H and O–H groups in total. The first-order valence-corrected chi connectivity index (χ1v) is 8.22. The van der Waals surface area contributed by atoms with Crippen molar-refractivity contribution in [3.63, 3.8) is 0 Å². The lowest BCUT2D eigenvalue weighted by molar-refractivity contribution is 0.199. The van der Waals surface area contributed by atoms with Crippen LogP contribution in [0, 0.1) is 6.92 Å². The molecule has 0 aliphatic heterocycles. The van der Waals surface area contributed by atoms with Gasteiger partial charge in [-0.2, -0.15) is 0 Å². The third-order valence-corrected chi connectivity index (χ3v) is 5.52. The molecule has 1 unspecified atom stereocenters. The van der Waals surface area contributed by atoms with Crippen molar-refractivity contribution in [2.75, 3.05) is 20.3 Å². The fourth-order valence-electron chi connectivity index (χ4n) is 1.15. The molecule has 98 valence electrons. The number of hydrogen-bond acceptors (Lipinski definition) is 5. The van der Waals surface area contributed by atoms with Crippen molar-refractivity contribution in [3.05, 3.63) is 11.2 Å². The summed E-state index contributed by atoms with van der Waals surface area (Å²) in [6.45, 7) is 2.71. The number of halogens is 1. The number of sulfonamides is 1. The molecule has 0 aliphatic rings. The second-order valence-electron chi connectivity index (χ2n) is 3.44. The lowest BCUT2D eigenvalue weighted by Gasteiger charge is -2.08. The molecule has 0 saturated carbocycles. The van der Waals surface area contributed by atoms with Gasteiger partial charge in [-0.25, -0.2) is 18.1 Å².